The number of rotatable bonds is 8. The van der Waals surface area contributed by atoms with Gasteiger partial charge in [-0.1, -0.05) is 6.07 Å². The maximum Gasteiger partial charge on any atom is 0.414 e. The molecule has 0 aromatic heterocycles. The predicted octanol–water partition coefficient (Wildman–Crippen LogP) is 0.674. The zero-order valence-electron chi connectivity index (χ0n) is 13.4. The van der Waals surface area contributed by atoms with E-state index in [1.165, 1.54) is 6.07 Å². The number of carboxylic acids is 2. The van der Waals surface area contributed by atoms with Crippen molar-refractivity contribution in [3.63, 3.8) is 0 Å². The summed E-state index contributed by atoms with van der Waals surface area (Å²) in [5.41, 5.74) is 0.846. The Labute approximate surface area is 138 Å². The second kappa shape index (κ2) is 11.8. The highest BCUT2D eigenvalue weighted by molar-refractivity contribution is 6.27. The van der Waals surface area contributed by atoms with Gasteiger partial charge in [-0.05, 0) is 18.6 Å². The molecule has 0 aliphatic carbocycles. The van der Waals surface area contributed by atoms with Gasteiger partial charge in [-0.25, -0.2) is 9.59 Å². The zero-order chi connectivity index (χ0) is 18.5. The summed E-state index contributed by atoms with van der Waals surface area (Å²) in [6, 6.07) is 4.93. The van der Waals surface area contributed by atoms with Crippen LogP contribution in [0.4, 0.5) is 5.69 Å². The van der Waals surface area contributed by atoms with E-state index in [4.69, 9.17) is 29.3 Å². The van der Waals surface area contributed by atoms with E-state index in [0.29, 0.717) is 25.5 Å². The van der Waals surface area contributed by atoms with Gasteiger partial charge in [0, 0.05) is 26.3 Å². The Kier molecular flexibility index (Phi) is 10.5. The van der Waals surface area contributed by atoms with E-state index in [0.717, 1.165) is 12.1 Å². The summed E-state index contributed by atoms with van der Waals surface area (Å²) < 4.78 is 10.3. The molecule has 0 saturated carbocycles. The van der Waals surface area contributed by atoms with E-state index in [2.05, 4.69) is 5.32 Å². The maximum absolute atomic E-state index is 10.8. The summed E-state index contributed by atoms with van der Waals surface area (Å²) in [7, 11) is 1.63. The Balaban J connectivity index is 0.000000754. The van der Waals surface area contributed by atoms with Gasteiger partial charge in [0.15, 0.2) is 5.75 Å². The fourth-order valence-corrected chi connectivity index (χ4v) is 1.42. The molecule has 0 atom stereocenters. The van der Waals surface area contributed by atoms with E-state index < -0.39 is 16.9 Å². The van der Waals surface area contributed by atoms with Crippen molar-refractivity contribution < 1.29 is 34.2 Å². The van der Waals surface area contributed by atoms with Gasteiger partial charge in [0.05, 0.1) is 11.5 Å². The van der Waals surface area contributed by atoms with Crippen LogP contribution in [-0.2, 0) is 14.3 Å². The molecule has 3 N–H and O–H groups in total. The lowest BCUT2D eigenvalue weighted by Gasteiger charge is -2.08. The van der Waals surface area contributed by atoms with Crippen LogP contribution < -0.4 is 10.1 Å². The third-order valence-electron chi connectivity index (χ3n) is 2.51. The number of aliphatic carboxylic acids is 2. The summed E-state index contributed by atoms with van der Waals surface area (Å²) in [5.74, 6) is -3.34. The lowest BCUT2D eigenvalue weighted by atomic mass is 10.2. The van der Waals surface area contributed by atoms with Gasteiger partial charge in [-0.3, -0.25) is 10.1 Å². The highest BCUT2D eigenvalue weighted by Gasteiger charge is 2.14. The van der Waals surface area contributed by atoms with Crippen LogP contribution in [0.2, 0.25) is 0 Å². The SMILES string of the molecule is COCCNCCOc1ccc(C)cc1[N+](=O)[O-].O=C(O)C(=O)O. The molecular formula is C14H20N2O8. The topological polar surface area (TPSA) is 148 Å². The van der Waals surface area contributed by atoms with Crippen molar-refractivity contribution in [1.82, 2.24) is 5.32 Å². The second-order valence-corrected chi connectivity index (χ2v) is 4.43. The monoisotopic (exact) mass is 344 g/mol. The Morgan fingerprint density at radius 3 is 2.29 bits per heavy atom. The third-order valence-corrected chi connectivity index (χ3v) is 2.51. The smallest absolute Gasteiger partial charge is 0.414 e. The number of nitro benzene ring substituents is 1. The van der Waals surface area contributed by atoms with Crippen molar-refractivity contribution in [3.05, 3.63) is 33.9 Å². The van der Waals surface area contributed by atoms with Crippen LogP contribution in [0.3, 0.4) is 0 Å². The van der Waals surface area contributed by atoms with Crippen LogP contribution in [0.5, 0.6) is 5.75 Å². The zero-order valence-corrected chi connectivity index (χ0v) is 13.4. The van der Waals surface area contributed by atoms with Crippen LogP contribution in [0.1, 0.15) is 5.56 Å². The molecule has 0 aliphatic heterocycles. The Morgan fingerprint density at radius 1 is 1.21 bits per heavy atom. The highest BCUT2D eigenvalue weighted by Crippen LogP contribution is 2.27. The highest BCUT2D eigenvalue weighted by atomic mass is 16.6. The van der Waals surface area contributed by atoms with E-state index in [1.807, 2.05) is 6.92 Å². The van der Waals surface area contributed by atoms with E-state index >= 15 is 0 Å². The molecule has 134 valence electrons. The fourth-order valence-electron chi connectivity index (χ4n) is 1.42. The Bertz CT molecular complexity index is 550. The molecule has 0 fully saturated rings. The molecule has 24 heavy (non-hydrogen) atoms. The largest absolute Gasteiger partial charge is 0.485 e. The van der Waals surface area contributed by atoms with Crippen molar-refractivity contribution in [3.8, 4) is 5.75 Å². The first kappa shape index (κ1) is 21.3. The summed E-state index contributed by atoms with van der Waals surface area (Å²) in [5, 5.41) is 28.7. The van der Waals surface area contributed by atoms with Crippen LogP contribution in [0, 0.1) is 17.0 Å². The maximum atomic E-state index is 10.8. The third kappa shape index (κ3) is 9.33. The molecule has 1 aromatic rings. The molecule has 0 radical (unpaired) electrons. The van der Waals surface area contributed by atoms with Crippen molar-refractivity contribution in [2.45, 2.75) is 6.92 Å². The van der Waals surface area contributed by atoms with Gasteiger partial charge in [-0.2, -0.15) is 0 Å². The van der Waals surface area contributed by atoms with Gasteiger partial charge in [0.25, 0.3) is 0 Å². The van der Waals surface area contributed by atoms with Crippen LogP contribution >= 0.6 is 0 Å². The molecule has 0 unspecified atom stereocenters. The molecular weight excluding hydrogens is 324 g/mol. The molecule has 0 amide bonds. The summed E-state index contributed by atoms with van der Waals surface area (Å²) in [4.78, 5) is 28.6. The second-order valence-electron chi connectivity index (χ2n) is 4.43. The normalized spacial score (nSPS) is 9.58. The lowest BCUT2D eigenvalue weighted by molar-refractivity contribution is -0.385. The number of hydrogen-bond acceptors (Lipinski definition) is 7. The van der Waals surface area contributed by atoms with Gasteiger partial charge >= 0.3 is 17.6 Å². The summed E-state index contributed by atoms with van der Waals surface area (Å²) in [6.07, 6.45) is 0. The molecule has 0 bridgehead atoms. The number of ether oxygens (including phenoxy) is 2. The van der Waals surface area contributed by atoms with Gasteiger partial charge in [-0.15, -0.1) is 0 Å². The van der Waals surface area contributed by atoms with Crippen molar-refractivity contribution in [2.75, 3.05) is 33.4 Å². The van der Waals surface area contributed by atoms with Gasteiger partial charge < -0.3 is 25.0 Å². The van der Waals surface area contributed by atoms with E-state index in [1.54, 1.807) is 19.2 Å². The van der Waals surface area contributed by atoms with Crippen LogP contribution in [0.15, 0.2) is 18.2 Å². The van der Waals surface area contributed by atoms with Crippen LogP contribution in [0.25, 0.3) is 0 Å². The van der Waals surface area contributed by atoms with E-state index in [9.17, 15) is 10.1 Å². The van der Waals surface area contributed by atoms with Gasteiger partial charge in [0.1, 0.15) is 6.61 Å². The molecule has 0 spiro atoms. The minimum absolute atomic E-state index is 0.00638. The number of hydrogen-bond donors (Lipinski definition) is 3. The number of aryl methyl sites for hydroxylation is 1. The minimum atomic E-state index is -1.82. The number of carboxylic acid groups (broad SMARTS) is 2. The number of benzene rings is 1. The predicted molar refractivity (Wildman–Crippen MR) is 83.3 cm³/mol. The Hall–Kier alpha value is -2.72. The molecule has 1 rings (SSSR count). The quantitative estimate of drug-likeness (QED) is 0.268. The number of nitro groups is 1. The average molecular weight is 344 g/mol. The first-order valence-corrected chi connectivity index (χ1v) is 6.83. The fraction of sp³-hybridized carbons (Fsp3) is 0.429. The van der Waals surface area contributed by atoms with Crippen molar-refractivity contribution >= 4 is 17.6 Å². The van der Waals surface area contributed by atoms with Crippen LogP contribution in [-0.4, -0.2) is 60.5 Å². The molecule has 1 aromatic carbocycles. The van der Waals surface area contributed by atoms with E-state index in [-0.39, 0.29) is 5.69 Å². The summed E-state index contributed by atoms with van der Waals surface area (Å²) >= 11 is 0. The number of carbonyl (C=O) groups is 2. The number of nitrogens with zero attached hydrogens (tertiary/aromatic N) is 1. The first-order valence-electron chi connectivity index (χ1n) is 6.83. The minimum Gasteiger partial charge on any atom is -0.485 e. The lowest BCUT2D eigenvalue weighted by Crippen LogP contribution is -2.24. The standard InChI is InChI=1S/C12H18N2O4.C2H2O4/c1-10-3-4-12(11(9-10)14(15)16)18-8-6-13-5-7-17-2;3-1(4)2(5)6/h3-4,9,13H,5-8H2,1-2H3;(H,3,4)(H,5,6). The molecule has 0 heterocycles. The molecule has 0 saturated heterocycles. The number of methoxy groups -OCH3 is 1. The van der Waals surface area contributed by atoms with Crippen molar-refractivity contribution in [1.29, 1.82) is 0 Å². The number of nitrogens with one attached hydrogen (secondary N) is 1. The summed E-state index contributed by atoms with van der Waals surface area (Å²) in [6.45, 7) is 4.17. The molecule has 10 nitrogen and oxygen atoms in total. The van der Waals surface area contributed by atoms with Gasteiger partial charge in [0.2, 0.25) is 0 Å². The van der Waals surface area contributed by atoms with Crippen molar-refractivity contribution in [2.24, 2.45) is 0 Å². The first-order chi connectivity index (χ1) is 11.3. The Morgan fingerprint density at radius 2 is 1.79 bits per heavy atom. The average Bonchev–Trinajstić information content (AvgIpc) is 2.52. The molecule has 0 aliphatic rings. The molecule has 10 heteroatoms.